The summed E-state index contributed by atoms with van der Waals surface area (Å²) < 4.78 is 10.9. The molecule has 0 aliphatic carbocycles. The van der Waals surface area contributed by atoms with Gasteiger partial charge in [0.05, 0.1) is 19.5 Å². The van der Waals surface area contributed by atoms with E-state index in [1.54, 1.807) is 6.33 Å². The van der Waals surface area contributed by atoms with E-state index in [-0.39, 0.29) is 12.5 Å². The highest BCUT2D eigenvalue weighted by atomic mass is 16.7. The van der Waals surface area contributed by atoms with E-state index in [1.165, 1.54) is 6.33 Å². The summed E-state index contributed by atoms with van der Waals surface area (Å²) in [6, 6.07) is 0. The molecule has 0 spiro atoms. The summed E-state index contributed by atoms with van der Waals surface area (Å²) in [5, 5.41) is 41.9. The monoisotopic (exact) mass is 383 g/mol. The van der Waals surface area contributed by atoms with Gasteiger partial charge in [0, 0.05) is 6.54 Å². The van der Waals surface area contributed by atoms with Gasteiger partial charge in [0.1, 0.15) is 36.3 Å². The van der Waals surface area contributed by atoms with Crippen LogP contribution in [-0.4, -0.2) is 90.8 Å². The van der Waals surface area contributed by atoms with E-state index >= 15 is 0 Å². The average Bonchev–Trinajstić information content (AvgIpc) is 3.15. The zero-order chi connectivity index (χ0) is 19.4. The molecule has 3 heterocycles. The van der Waals surface area contributed by atoms with Gasteiger partial charge < -0.3 is 40.2 Å². The highest BCUT2D eigenvalue weighted by molar-refractivity contribution is 5.81. The normalized spacial score (nSPS) is 29.7. The SMILES string of the molecule is CC(CCNc1ncnc2nc[nH]c12)COC1OC(CO)C(O)C(O)C1O. The van der Waals surface area contributed by atoms with Gasteiger partial charge in [-0.3, -0.25) is 0 Å². The van der Waals surface area contributed by atoms with Gasteiger partial charge in [0.2, 0.25) is 0 Å². The van der Waals surface area contributed by atoms with Crippen LogP contribution in [-0.2, 0) is 9.47 Å². The molecule has 11 nitrogen and oxygen atoms in total. The van der Waals surface area contributed by atoms with Crippen LogP contribution in [0.5, 0.6) is 0 Å². The van der Waals surface area contributed by atoms with E-state index in [1.807, 2.05) is 6.92 Å². The third-order valence-electron chi connectivity index (χ3n) is 4.55. The smallest absolute Gasteiger partial charge is 0.186 e. The van der Waals surface area contributed by atoms with E-state index in [4.69, 9.17) is 9.47 Å². The van der Waals surface area contributed by atoms with Crippen LogP contribution in [0.15, 0.2) is 12.7 Å². The first-order valence-electron chi connectivity index (χ1n) is 8.81. The largest absolute Gasteiger partial charge is 0.394 e. The minimum atomic E-state index is -1.44. The van der Waals surface area contributed by atoms with Crippen LogP contribution in [0, 0.1) is 5.92 Å². The Morgan fingerprint density at radius 2 is 2.04 bits per heavy atom. The van der Waals surface area contributed by atoms with Gasteiger partial charge in [-0.2, -0.15) is 0 Å². The Morgan fingerprint density at radius 1 is 1.22 bits per heavy atom. The molecular formula is C16H25N5O6. The molecular weight excluding hydrogens is 358 g/mol. The Hall–Kier alpha value is -1.89. The lowest BCUT2D eigenvalue weighted by Crippen LogP contribution is -2.59. The maximum absolute atomic E-state index is 9.96. The number of rotatable bonds is 8. The van der Waals surface area contributed by atoms with Crippen LogP contribution >= 0.6 is 0 Å². The fourth-order valence-electron chi connectivity index (χ4n) is 2.88. The topological polar surface area (TPSA) is 166 Å². The molecule has 6 unspecified atom stereocenters. The minimum Gasteiger partial charge on any atom is -0.394 e. The number of aliphatic hydroxyl groups is 4. The second-order valence-electron chi connectivity index (χ2n) is 6.67. The van der Waals surface area contributed by atoms with Gasteiger partial charge in [-0.1, -0.05) is 6.92 Å². The van der Waals surface area contributed by atoms with Crippen LogP contribution in [0.4, 0.5) is 5.82 Å². The number of hydrogen-bond donors (Lipinski definition) is 6. The van der Waals surface area contributed by atoms with Crippen molar-refractivity contribution >= 4 is 17.0 Å². The molecule has 0 aromatic carbocycles. The Labute approximate surface area is 155 Å². The van der Waals surface area contributed by atoms with Crippen molar-refractivity contribution in [2.75, 3.05) is 25.1 Å². The molecule has 3 rings (SSSR count). The summed E-state index contributed by atoms with van der Waals surface area (Å²) in [6.07, 6.45) is -2.55. The molecule has 2 aromatic rings. The van der Waals surface area contributed by atoms with Crippen molar-refractivity contribution in [2.45, 2.75) is 44.1 Å². The molecule has 150 valence electrons. The number of aliphatic hydroxyl groups excluding tert-OH is 4. The minimum absolute atomic E-state index is 0.115. The lowest BCUT2D eigenvalue weighted by atomic mass is 9.99. The fraction of sp³-hybridized carbons (Fsp3) is 0.688. The molecule has 1 fully saturated rings. The fourth-order valence-corrected chi connectivity index (χ4v) is 2.88. The number of aromatic amines is 1. The maximum atomic E-state index is 9.96. The van der Waals surface area contributed by atoms with Crippen molar-refractivity contribution in [3.05, 3.63) is 12.7 Å². The van der Waals surface area contributed by atoms with Gasteiger partial charge in [-0.15, -0.1) is 0 Å². The molecule has 1 aliphatic heterocycles. The second kappa shape index (κ2) is 8.87. The third-order valence-corrected chi connectivity index (χ3v) is 4.55. The number of hydrogen-bond acceptors (Lipinski definition) is 10. The zero-order valence-corrected chi connectivity index (χ0v) is 14.9. The van der Waals surface area contributed by atoms with Crippen molar-refractivity contribution in [2.24, 2.45) is 5.92 Å². The number of imidazole rings is 1. The highest BCUT2D eigenvalue weighted by Gasteiger charge is 2.44. The molecule has 1 aliphatic rings. The van der Waals surface area contributed by atoms with E-state index in [0.29, 0.717) is 18.0 Å². The summed E-state index contributed by atoms with van der Waals surface area (Å²) in [5.74, 6) is 0.781. The molecule has 0 bridgehead atoms. The average molecular weight is 383 g/mol. The summed E-state index contributed by atoms with van der Waals surface area (Å²) in [7, 11) is 0. The Kier molecular flexibility index (Phi) is 6.52. The lowest BCUT2D eigenvalue weighted by molar-refractivity contribution is -0.303. The van der Waals surface area contributed by atoms with Crippen LogP contribution < -0.4 is 5.32 Å². The number of nitrogens with one attached hydrogen (secondary N) is 2. The first-order chi connectivity index (χ1) is 13.0. The van der Waals surface area contributed by atoms with Gasteiger partial charge >= 0.3 is 0 Å². The molecule has 0 radical (unpaired) electrons. The van der Waals surface area contributed by atoms with E-state index in [2.05, 4.69) is 25.3 Å². The Morgan fingerprint density at radius 3 is 2.81 bits per heavy atom. The molecule has 6 atom stereocenters. The van der Waals surface area contributed by atoms with Crippen molar-refractivity contribution in [1.29, 1.82) is 0 Å². The van der Waals surface area contributed by atoms with Crippen LogP contribution in [0.2, 0.25) is 0 Å². The second-order valence-corrected chi connectivity index (χ2v) is 6.67. The first-order valence-corrected chi connectivity index (χ1v) is 8.81. The van der Waals surface area contributed by atoms with Crippen molar-refractivity contribution in [3.8, 4) is 0 Å². The van der Waals surface area contributed by atoms with Gasteiger partial charge in [-0.05, 0) is 12.3 Å². The zero-order valence-electron chi connectivity index (χ0n) is 14.9. The number of ether oxygens (including phenoxy) is 2. The summed E-state index contributed by atoms with van der Waals surface area (Å²) >= 11 is 0. The predicted octanol–water partition coefficient (Wildman–Crippen LogP) is -1.39. The third kappa shape index (κ3) is 4.51. The number of nitrogens with zero attached hydrogens (tertiary/aromatic N) is 3. The molecule has 0 amide bonds. The van der Waals surface area contributed by atoms with Gasteiger partial charge in [0.15, 0.2) is 17.8 Å². The molecule has 2 aromatic heterocycles. The first kappa shape index (κ1) is 19.9. The van der Waals surface area contributed by atoms with Gasteiger partial charge in [-0.25, -0.2) is 15.0 Å². The molecule has 11 heteroatoms. The Bertz CT molecular complexity index is 728. The maximum Gasteiger partial charge on any atom is 0.186 e. The summed E-state index contributed by atoms with van der Waals surface area (Å²) in [6.45, 7) is 2.39. The summed E-state index contributed by atoms with van der Waals surface area (Å²) in [4.78, 5) is 15.3. The number of H-pyrrole nitrogens is 1. The predicted molar refractivity (Wildman–Crippen MR) is 93.7 cm³/mol. The number of anilines is 1. The molecule has 27 heavy (non-hydrogen) atoms. The van der Waals surface area contributed by atoms with Crippen LogP contribution in [0.3, 0.4) is 0 Å². The van der Waals surface area contributed by atoms with E-state index in [0.717, 1.165) is 11.9 Å². The Balaban J connectivity index is 1.44. The molecule has 6 N–H and O–H groups in total. The number of aromatic nitrogens is 4. The molecule has 0 saturated carbocycles. The number of fused-ring (bicyclic) bond motifs is 1. The highest BCUT2D eigenvalue weighted by Crippen LogP contribution is 2.22. The lowest BCUT2D eigenvalue weighted by Gasteiger charge is -2.39. The quantitative estimate of drug-likeness (QED) is 0.319. The van der Waals surface area contributed by atoms with Crippen molar-refractivity contribution in [1.82, 2.24) is 19.9 Å². The summed E-state index contributed by atoms with van der Waals surface area (Å²) in [5.41, 5.74) is 1.33. The van der Waals surface area contributed by atoms with Crippen LogP contribution in [0.1, 0.15) is 13.3 Å². The van der Waals surface area contributed by atoms with E-state index < -0.39 is 37.3 Å². The standard InChI is InChI=1S/C16H25N5O6/c1-8(2-3-17-14-10-15(19-6-18-10)21-7-20-14)5-26-16-13(25)12(24)11(23)9(4-22)27-16/h6-9,11-13,16,22-25H,2-5H2,1H3,(H2,17,18,19,20,21). The van der Waals surface area contributed by atoms with Crippen molar-refractivity contribution < 1.29 is 29.9 Å². The van der Waals surface area contributed by atoms with Gasteiger partial charge in [0.25, 0.3) is 0 Å². The van der Waals surface area contributed by atoms with E-state index in [9.17, 15) is 20.4 Å². The van der Waals surface area contributed by atoms with Crippen LogP contribution in [0.25, 0.3) is 11.2 Å². The molecule has 1 saturated heterocycles. The van der Waals surface area contributed by atoms with Crippen molar-refractivity contribution in [3.63, 3.8) is 0 Å².